The van der Waals surface area contributed by atoms with E-state index in [-0.39, 0.29) is 12.3 Å². The number of aromatic nitrogens is 1. The van der Waals surface area contributed by atoms with Gasteiger partial charge in [0.2, 0.25) is 5.91 Å². The molecule has 0 aliphatic heterocycles. The summed E-state index contributed by atoms with van der Waals surface area (Å²) >= 11 is 1.43. The molecule has 182 valence electrons. The first-order valence-electron chi connectivity index (χ1n) is 11.2. The standard InChI is InChI=1S/C26H28N4O4S/c1-35-22-8-3-2-7-20(22)25(32)30-21(26(33)34)17-18-11-13-19(14-12-18)29-24(31)10-6-16-28-23-9-4-5-15-27-23/h2-5,7-9,11-15,21H,6,10,16-17H2,1H3,(H,27,28)(H,29,31)(H,30,32)(H,33,34). The maximum Gasteiger partial charge on any atom is 0.326 e. The van der Waals surface area contributed by atoms with Crippen LogP contribution in [0.1, 0.15) is 28.8 Å². The van der Waals surface area contributed by atoms with E-state index >= 15 is 0 Å². The fourth-order valence-corrected chi connectivity index (χ4v) is 3.98. The molecule has 0 bridgehead atoms. The predicted octanol–water partition coefficient (Wildman–Crippen LogP) is 4.06. The number of hydrogen-bond acceptors (Lipinski definition) is 6. The lowest BCUT2D eigenvalue weighted by Crippen LogP contribution is -2.42. The van der Waals surface area contributed by atoms with Crippen LogP contribution in [-0.2, 0) is 16.0 Å². The lowest BCUT2D eigenvalue weighted by atomic mass is 10.0. The van der Waals surface area contributed by atoms with Gasteiger partial charge in [-0.2, -0.15) is 0 Å². The Morgan fingerprint density at radius 1 is 1.00 bits per heavy atom. The fraction of sp³-hybridized carbons (Fsp3) is 0.231. The maximum absolute atomic E-state index is 12.7. The summed E-state index contributed by atoms with van der Waals surface area (Å²) in [5, 5.41) is 18.2. The van der Waals surface area contributed by atoms with Gasteiger partial charge in [-0.05, 0) is 54.6 Å². The van der Waals surface area contributed by atoms with Crippen molar-refractivity contribution in [2.24, 2.45) is 0 Å². The molecule has 1 atom stereocenters. The van der Waals surface area contributed by atoms with Crippen molar-refractivity contribution >= 4 is 41.1 Å². The largest absolute Gasteiger partial charge is 0.480 e. The summed E-state index contributed by atoms with van der Waals surface area (Å²) in [7, 11) is 0. The van der Waals surface area contributed by atoms with E-state index in [0.717, 1.165) is 16.3 Å². The zero-order valence-electron chi connectivity index (χ0n) is 19.4. The van der Waals surface area contributed by atoms with Crippen molar-refractivity contribution in [2.45, 2.75) is 30.2 Å². The van der Waals surface area contributed by atoms with Crippen molar-refractivity contribution in [1.29, 1.82) is 0 Å². The third-order valence-corrected chi connectivity index (χ3v) is 5.98. The Kier molecular flexibility index (Phi) is 9.68. The molecule has 0 spiro atoms. The molecule has 2 aromatic carbocycles. The van der Waals surface area contributed by atoms with Crippen LogP contribution in [0, 0.1) is 0 Å². The number of thioether (sulfide) groups is 1. The molecule has 1 unspecified atom stereocenters. The number of carboxylic acids is 1. The summed E-state index contributed by atoms with van der Waals surface area (Å²) < 4.78 is 0. The van der Waals surface area contributed by atoms with Gasteiger partial charge in [-0.3, -0.25) is 9.59 Å². The highest BCUT2D eigenvalue weighted by molar-refractivity contribution is 7.98. The average Bonchev–Trinajstić information content (AvgIpc) is 2.87. The molecule has 1 heterocycles. The topological polar surface area (TPSA) is 120 Å². The zero-order valence-corrected chi connectivity index (χ0v) is 20.2. The SMILES string of the molecule is CSc1ccccc1C(=O)NC(Cc1ccc(NC(=O)CCCNc2ccccn2)cc1)C(=O)O. The van der Waals surface area contributed by atoms with Crippen molar-refractivity contribution in [2.75, 3.05) is 23.4 Å². The van der Waals surface area contributed by atoms with Crippen molar-refractivity contribution in [3.8, 4) is 0 Å². The minimum absolute atomic E-state index is 0.108. The quantitative estimate of drug-likeness (QED) is 0.222. The number of rotatable bonds is 12. The summed E-state index contributed by atoms with van der Waals surface area (Å²) in [4.78, 5) is 41.6. The lowest BCUT2D eigenvalue weighted by Gasteiger charge is -2.16. The molecule has 0 aliphatic rings. The van der Waals surface area contributed by atoms with Gasteiger partial charge in [-0.25, -0.2) is 9.78 Å². The normalized spacial score (nSPS) is 11.3. The van der Waals surface area contributed by atoms with Crippen LogP contribution in [0.4, 0.5) is 11.5 Å². The number of benzene rings is 2. The van der Waals surface area contributed by atoms with Gasteiger partial charge in [0.25, 0.3) is 5.91 Å². The van der Waals surface area contributed by atoms with Gasteiger partial charge in [0.15, 0.2) is 0 Å². The molecule has 9 heteroatoms. The third kappa shape index (κ3) is 8.15. The Morgan fingerprint density at radius 3 is 2.43 bits per heavy atom. The van der Waals surface area contributed by atoms with Crippen molar-refractivity contribution < 1.29 is 19.5 Å². The minimum Gasteiger partial charge on any atom is -0.480 e. The molecule has 3 rings (SSSR count). The second kappa shape index (κ2) is 13.1. The van der Waals surface area contributed by atoms with Gasteiger partial charge in [-0.15, -0.1) is 11.8 Å². The van der Waals surface area contributed by atoms with Crippen LogP contribution in [-0.4, -0.2) is 46.7 Å². The van der Waals surface area contributed by atoms with Gasteiger partial charge < -0.3 is 21.1 Å². The summed E-state index contributed by atoms with van der Waals surface area (Å²) in [6, 6.07) is 18.5. The van der Waals surface area contributed by atoms with E-state index in [4.69, 9.17) is 0 Å². The minimum atomic E-state index is -1.11. The number of carboxylic acid groups (broad SMARTS) is 1. The number of nitrogens with zero attached hydrogens (tertiary/aromatic N) is 1. The average molecular weight is 493 g/mol. The highest BCUT2D eigenvalue weighted by Crippen LogP contribution is 2.20. The number of carbonyl (C=O) groups excluding carboxylic acids is 2. The Labute approximate surface area is 208 Å². The number of anilines is 2. The smallest absolute Gasteiger partial charge is 0.326 e. The van der Waals surface area contributed by atoms with Gasteiger partial charge in [0, 0.05) is 36.2 Å². The Balaban J connectivity index is 1.48. The molecule has 0 radical (unpaired) electrons. The van der Waals surface area contributed by atoms with E-state index in [1.165, 1.54) is 11.8 Å². The number of carbonyl (C=O) groups is 3. The molecule has 1 aromatic heterocycles. The van der Waals surface area contributed by atoms with Crippen LogP contribution in [0.2, 0.25) is 0 Å². The van der Waals surface area contributed by atoms with E-state index in [1.54, 1.807) is 42.6 Å². The first kappa shape index (κ1) is 25.8. The number of hydrogen-bond donors (Lipinski definition) is 4. The van der Waals surface area contributed by atoms with Crippen LogP contribution in [0.3, 0.4) is 0 Å². The summed E-state index contributed by atoms with van der Waals surface area (Å²) in [6.07, 6.45) is 4.69. The fourth-order valence-electron chi connectivity index (χ4n) is 3.38. The van der Waals surface area contributed by atoms with E-state index in [0.29, 0.717) is 30.6 Å². The van der Waals surface area contributed by atoms with Gasteiger partial charge >= 0.3 is 5.97 Å². The molecule has 2 amide bonds. The number of aliphatic carboxylic acids is 1. The van der Waals surface area contributed by atoms with E-state index < -0.39 is 17.9 Å². The molecular weight excluding hydrogens is 464 g/mol. The van der Waals surface area contributed by atoms with E-state index in [2.05, 4.69) is 20.9 Å². The molecular formula is C26H28N4O4S. The third-order valence-electron chi connectivity index (χ3n) is 5.18. The Morgan fingerprint density at radius 2 is 1.74 bits per heavy atom. The molecule has 0 fully saturated rings. The Bertz CT molecular complexity index is 1140. The van der Waals surface area contributed by atoms with Gasteiger partial charge in [-0.1, -0.05) is 30.3 Å². The van der Waals surface area contributed by atoms with E-state index in [1.807, 2.05) is 36.6 Å². The molecule has 4 N–H and O–H groups in total. The first-order chi connectivity index (χ1) is 17.0. The maximum atomic E-state index is 12.7. The monoisotopic (exact) mass is 492 g/mol. The van der Waals surface area contributed by atoms with Crippen LogP contribution >= 0.6 is 11.8 Å². The molecule has 0 saturated heterocycles. The first-order valence-corrected chi connectivity index (χ1v) is 12.4. The lowest BCUT2D eigenvalue weighted by molar-refractivity contribution is -0.139. The molecule has 0 saturated carbocycles. The van der Waals surface area contributed by atoms with Gasteiger partial charge in [0.1, 0.15) is 11.9 Å². The van der Waals surface area contributed by atoms with Crippen molar-refractivity contribution in [1.82, 2.24) is 10.3 Å². The molecule has 8 nitrogen and oxygen atoms in total. The zero-order chi connectivity index (χ0) is 25.0. The molecule has 0 aliphatic carbocycles. The van der Waals surface area contributed by atoms with Gasteiger partial charge in [0.05, 0.1) is 5.56 Å². The van der Waals surface area contributed by atoms with Crippen LogP contribution in [0.5, 0.6) is 0 Å². The molecule has 3 aromatic rings. The second-order valence-corrected chi connectivity index (χ2v) is 8.61. The Hall–Kier alpha value is -3.85. The molecule has 35 heavy (non-hydrogen) atoms. The highest BCUT2D eigenvalue weighted by Gasteiger charge is 2.22. The van der Waals surface area contributed by atoms with Crippen molar-refractivity contribution in [3.63, 3.8) is 0 Å². The summed E-state index contributed by atoms with van der Waals surface area (Å²) in [5.41, 5.74) is 1.80. The van der Waals surface area contributed by atoms with Crippen molar-refractivity contribution in [3.05, 3.63) is 84.1 Å². The second-order valence-electron chi connectivity index (χ2n) is 7.76. The van der Waals surface area contributed by atoms with Crippen LogP contribution in [0.15, 0.2) is 77.8 Å². The van der Waals surface area contributed by atoms with Crippen LogP contribution < -0.4 is 16.0 Å². The predicted molar refractivity (Wildman–Crippen MR) is 138 cm³/mol. The highest BCUT2D eigenvalue weighted by atomic mass is 32.2. The van der Waals surface area contributed by atoms with Crippen LogP contribution in [0.25, 0.3) is 0 Å². The number of amides is 2. The van der Waals surface area contributed by atoms with E-state index in [9.17, 15) is 19.5 Å². The number of pyridine rings is 1. The summed E-state index contributed by atoms with van der Waals surface area (Å²) in [6.45, 7) is 0.632. The number of nitrogens with one attached hydrogen (secondary N) is 3. The summed E-state index contributed by atoms with van der Waals surface area (Å²) in [5.74, 6) is -0.878.